The Hall–Kier alpha value is -2.02. The van der Waals surface area contributed by atoms with E-state index in [1.165, 1.54) is 0 Å². The molecule has 0 unspecified atom stereocenters. The van der Waals surface area contributed by atoms with E-state index in [0.29, 0.717) is 23.2 Å². The van der Waals surface area contributed by atoms with E-state index in [9.17, 15) is 19.4 Å². The molecule has 1 heterocycles. The Bertz CT molecular complexity index is 821. The molecule has 0 atom stereocenters. The fourth-order valence-corrected chi connectivity index (χ4v) is 2.79. The molecule has 1 N–H and O–H groups in total. The lowest BCUT2D eigenvalue weighted by atomic mass is 10.1. The normalized spacial score (nSPS) is 15.7. The van der Waals surface area contributed by atoms with Crippen LogP contribution in [0.15, 0.2) is 59.5 Å². The molecule has 0 radical (unpaired) electrons. The summed E-state index contributed by atoms with van der Waals surface area (Å²) in [6.07, 6.45) is 0. The first-order chi connectivity index (χ1) is 9.53. The minimum absolute atomic E-state index is 0.0274. The largest absolute Gasteiger partial charge is 0.354 e. The molecular formula is C14H10F5NS. The Balaban J connectivity index is 2.17. The second-order valence-electron chi connectivity index (χ2n) is 4.77. The molecule has 2 aromatic carbocycles. The van der Waals surface area contributed by atoms with Crippen LogP contribution in [0.3, 0.4) is 0 Å². The Labute approximate surface area is 117 Å². The van der Waals surface area contributed by atoms with Crippen LogP contribution < -0.4 is 0 Å². The van der Waals surface area contributed by atoms with Crippen LogP contribution in [0, 0.1) is 0 Å². The zero-order chi connectivity index (χ0) is 15.4. The smallest absolute Gasteiger partial charge is 0.310 e. The molecule has 0 saturated carbocycles. The van der Waals surface area contributed by atoms with Crippen molar-refractivity contribution >= 4 is 21.1 Å². The molecule has 0 amide bonds. The molecule has 112 valence electrons. The van der Waals surface area contributed by atoms with Crippen LogP contribution in [-0.4, -0.2) is 4.98 Å². The van der Waals surface area contributed by atoms with Gasteiger partial charge in [0.15, 0.2) is 0 Å². The van der Waals surface area contributed by atoms with Crippen molar-refractivity contribution in [3.05, 3.63) is 54.6 Å². The van der Waals surface area contributed by atoms with Crippen molar-refractivity contribution in [2.45, 2.75) is 4.90 Å². The number of benzene rings is 2. The van der Waals surface area contributed by atoms with Gasteiger partial charge in [0.1, 0.15) is 4.90 Å². The first kappa shape index (κ1) is 13.9. The molecule has 0 spiro atoms. The second-order valence-corrected chi connectivity index (χ2v) is 7.18. The molecule has 0 fully saturated rings. The Morgan fingerprint density at radius 1 is 0.762 bits per heavy atom. The minimum Gasteiger partial charge on any atom is -0.354 e. The Morgan fingerprint density at radius 3 is 2.05 bits per heavy atom. The summed E-state index contributed by atoms with van der Waals surface area (Å²) in [6.45, 7) is 0. The zero-order valence-electron chi connectivity index (χ0n) is 10.5. The summed E-state index contributed by atoms with van der Waals surface area (Å²) in [4.78, 5) is 0.859. The van der Waals surface area contributed by atoms with E-state index in [4.69, 9.17) is 0 Å². The number of hydrogen-bond donors (Lipinski definition) is 1. The SMILES string of the molecule is FS(F)(F)(F)(F)c1ccc2cc(-c3ccccc3)[nH]c2c1. The van der Waals surface area contributed by atoms with Crippen LogP contribution in [0.4, 0.5) is 19.4 Å². The fraction of sp³-hybridized carbons (Fsp3) is 0. The summed E-state index contributed by atoms with van der Waals surface area (Å²) in [7, 11) is -9.65. The molecular weight excluding hydrogens is 309 g/mol. The third-order valence-corrected chi connectivity index (χ3v) is 4.27. The van der Waals surface area contributed by atoms with E-state index < -0.39 is 15.1 Å². The molecule has 0 aliphatic heterocycles. The first-order valence-corrected chi connectivity index (χ1v) is 7.90. The summed E-state index contributed by atoms with van der Waals surface area (Å²) in [5.74, 6) is 0. The van der Waals surface area contributed by atoms with E-state index >= 15 is 0 Å². The lowest BCUT2D eigenvalue weighted by molar-refractivity contribution is 0.364. The highest BCUT2D eigenvalue weighted by Gasteiger charge is 2.65. The number of hydrogen-bond acceptors (Lipinski definition) is 0. The van der Waals surface area contributed by atoms with Gasteiger partial charge in [-0.3, -0.25) is 0 Å². The van der Waals surface area contributed by atoms with E-state index in [-0.39, 0.29) is 5.52 Å². The van der Waals surface area contributed by atoms with Crippen molar-refractivity contribution in [3.8, 4) is 11.3 Å². The standard InChI is InChI=1S/C14H10F5NS/c15-21(16,17,18,19)12-7-6-11-8-13(20-14(11)9-12)10-4-2-1-3-5-10/h1-9,20H. The van der Waals surface area contributed by atoms with Crippen LogP contribution in [0.2, 0.25) is 0 Å². The molecule has 0 saturated heterocycles. The molecule has 1 aromatic heterocycles. The second kappa shape index (κ2) is 3.59. The van der Waals surface area contributed by atoms with Gasteiger partial charge in [-0.25, -0.2) is 0 Å². The van der Waals surface area contributed by atoms with Crippen molar-refractivity contribution in [1.82, 2.24) is 4.98 Å². The Morgan fingerprint density at radius 2 is 1.43 bits per heavy atom. The summed E-state index contributed by atoms with van der Waals surface area (Å²) in [6, 6.07) is 12.5. The average Bonchev–Trinajstić information content (AvgIpc) is 2.80. The van der Waals surface area contributed by atoms with Gasteiger partial charge in [-0.05, 0) is 23.8 Å². The third kappa shape index (κ3) is 2.73. The van der Waals surface area contributed by atoms with E-state index in [1.807, 2.05) is 0 Å². The number of aromatic nitrogens is 1. The maximum absolute atomic E-state index is 12.8. The predicted octanol–water partition coefficient (Wildman–Crippen LogP) is 6.49. The highest BCUT2D eigenvalue weighted by atomic mass is 32.5. The number of H-pyrrole nitrogens is 1. The van der Waals surface area contributed by atoms with Gasteiger partial charge in [-0.15, -0.1) is 0 Å². The highest BCUT2D eigenvalue weighted by Crippen LogP contribution is 3.02. The average molecular weight is 319 g/mol. The van der Waals surface area contributed by atoms with Gasteiger partial charge in [0, 0.05) is 16.6 Å². The van der Waals surface area contributed by atoms with Crippen molar-refractivity contribution in [1.29, 1.82) is 0 Å². The van der Waals surface area contributed by atoms with Crippen molar-refractivity contribution < 1.29 is 19.4 Å². The lowest BCUT2D eigenvalue weighted by Crippen LogP contribution is -2.05. The van der Waals surface area contributed by atoms with E-state index in [0.717, 1.165) is 11.6 Å². The van der Waals surface area contributed by atoms with Crippen molar-refractivity contribution in [2.75, 3.05) is 0 Å². The van der Waals surface area contributed by atoms with Gasteiger partial charge in [0.05, 0.1) is 0 Å². The number of rotatable bonds is 2. The predicted molar refractivity (Wildman–Crippen MR) is 75.1 cm³/mol. The lowest BCUT2D eigenvalue weighted by Gasteiger charge is -2.40. The van der Waals surface area contributed by atoms with Crippen molar-refractivity contribution in [2.24, 2.45) is 0 Å². The van der Waals surface area contributed by atoms with Crippen molar-refractivity contribution in [3.63, 3.8) is 0 Å². The van der Waals surface area contributed by atoms with E-state index in [1.54, 1.807) is 36.4 Å². The molecule has 0 aliphatic carbocycles. The van der Waals surface area contributed by atoms with Crippen LogP contribution >= 0.6 is 10.2 Å². The maximum Gasteiger partial charge on any atom is 0.310 e. The number of aromatic amines is 1. The zero-order valence-corrected chi connectivity index (χ0v) is 11.3. The molecule has 7 heteroatoms. The fourth-order valence-electron chi connectivity index (χ4n) is 2.12. The van der Waals surface area contributed by atoms with Gasteiger partial charge in [0.25, 0.3) is 0 Å². The summed E-state index contributed by atoms with van der Waals surface area (Å²) < 4.78 is 64.0. The van der Waals surface area contributed by atoms with Gasteiger partial charge in [0.2, 0.25) is 0 Å². The van der Waals surface area contributed by atoms with Gasteiger partial charge >= 0.3 is 10.2 Å². The monoisotopic (exact) mass is 319 g/mol. The molecule has 21 heavy (non-hydrogen) atoms. The number of nitrogens with one attached hydrogen (secondary N) is 1. The third-order valence-electron chi connectivity index (χ3n) is 3.12. The quantitative estimate of drug-likeness (QED) is 0.519. The summed E-state index contributed by atoms with van der Waals surface area (Å²) in [5, 5.41) is 0.444. The molecule has 0 bridgehead atoms. The minimum atomic E-state index is -9.65. The first-order valence-electron chi connectivity index (χ1n) is 5.95. The number of fused-ring (bicyclic) bond motifs is 1. The van der Waals surface area contributed by atoms with Crippen LogP contribution in [0.1, 0.15) is 0 Å². The molecule has 0 aliphatic rings. The molecule has 3 aromatic rings. The van der Waals surface area contributed by atoms with E-state index in [2.05, 4.69) is 4.98 Å². The molecule has 1 nitrogen and oxygen atoms in total. The Kier molecular flexibility index (Phi) is 2.39. The van der Waals surface area contributed by atoms with Gasteiger partial charge in [-0.2, -0.15) is 0 Å². The van der Waals surface area contributed by atoms with Crippen LogP contribution in [-0.2, 0) is 0 Å². The number of halogens is 5. The summed E-state index contributed by atoms with van der Waals surface area (Å²) in [5.41, 5.74) is 1.37. The van der Waals surface area contributed by atoms with Crippen LogP contribution in [0.5, 0.6) is 0 Å². The summed E-state index contributed by atoms with van der Waals surface area (Å²) >= 11 is 0. The highest BCUT2D eigenvalue weighted by molar-refractivity contribution is 8.45. The van der Waals surface area contributed by atoms with Crippen LogP contribution in [0.25, 0.3) is 22.2 Å². The maximum atomic E-state index is 12.8. The topological polar surface area (TPSA) is 15.8 Å². The van der Waals surface area contributed by atoms with Gasteiger partial charge < -0.3 is 4.98 Å². The van der Waals surface area contributed by atoms with Gasteiger partial charge in [-0.1, -0.05) is 55.8 Å². The molecule has 3 rings (SSSR count).